The molecule has 7 heteroatoms. The van der Waals surface area contributed by atoms with Crippen LogP contribution in [-0.2, 0) is 22.6 Å². The highest BCUT2D eigenvalue weighted by Gasteiger charge is 2.33. The van der Waals surface area contributed by atoms with E-state index in [0.717, 1.165) is 51.7 Å². The van der Waals surface area contributed by atoms with Gasteiger partial charge < -0.3 is 20.1 Å². The number of benzene rings is 1. The van der Waals surface area contributed by atoms with Gasteiger partial charge in [0.05, 0.1) is 12.2 Å². The minimum atomic E-state index is 0. The van der Waals surface area contributed by atoms with E-state index in [1.165, 1.54) is 36.8 Å². The van der Waals surface area contributed by atoms with Gasteiger partial charge in [-0.05, 0) is 49.7 Å². The maximum absolute atomic E-state index is 5.84. The minimum Gasteiger partial charge on any atom is -0.385 e. The third-order valence-electron chi connectivity index (χ3n) is 6.74. The fourth-order valence-electron chi connectivity index (χ4n) is 5.07. The van der Waals surface area contributed by atoms with E-state index in [2.05, 4.69) is 58.6 Å². The molecule has 1 aliphatic heterocycles. The molecule has 0 bridgehead atoms. The van der Waals surface area contributed by atoms with Gasteiger partial charge >= 0.3 is 0 Å². The Hall–Kier alpha value is -0.900. The molecule has 6 nitrogen and oxygen atoms in total. The highest BCUT2D eigenvalue weighted by Crippen LogP contribution is 2.40. The van der Waals surface area contributed by atoms with Gasteiger partial charge in [0.2, 0.25) is 0 Å². The van der Waals surface area contributed by atoms with Crippen LogP contribution in [0.25, 0.3) is 0 Å². The van der Waals surface area contributed by atoms with Crippen molar-refractivity contribution in [2.75, 3.05) is 40.4 Å². The van der Waals surface area contributed by atoms with Crippen molar-refractivity contribution in [1.82, 2.24) is 15.5 Å². The smallest absolute Gasteiger partial charge is 0.191 e. The Kier molecular flexibility index (Phi) is 11.7. The summed E-state index contributed by atoms with van der Waals surface area (Å²) in [5, 5.41) is 7.05. The van der Waals surface area contributed by atoms with Crippen LogP contribution in [-0.4, -0.2) is 63.5 Å². The Bertz CT molecular complexity index is 682. The second kappa shape index (κ2) is 13.7. The van der Waals surface area contributed by atoms with Gasteiger partial charge in [-0.15, -0.1) is 24.0 Å². The lowest BCUT2D eigenvalue weighted by Gasteiger charge is -2.35. The molecule has 1 aromatic carbocycles. The summed E-state index contributed by atoms with van der Waals surface area (Å²) in [6, 6.07) is 8.94. The van der Waals surface area contributed by atoms with Gasteiger partial charge in [-0.3, -0.25) is 9.89 Å². The van der Waals surface area contributed by atoms with E-state index in [0.29, 0.717) is 17.6 Å². The maximum atomic E-state index is 5.84. The Morgan fingerprint density at radius 2 is 1.72 bits per heavy atom. The fourth-order valence-corrected chi connectivity index (χ4v) is 5.07. The zero-order chi connectivity index (χ0) is 22.1. The largest absolute Gasteiger partial charge is 0.385 e. The van der Waals surface area contributed by atoms with Crippen LogP contribution in [0.15, 0.2) is 29.3 Å². The molecule has 1 saturated heterocycles. The fraction of sp³-hybridized carbons (Fsp3) is 0.720. The number of morpholine rings is 1. The normalized spacial score (nSPS) is 23.6. The van der Waals surface area contributed by atoms with Crippen LogP contribution in [0.1, 0.15) is 57.1 Å². The van der Waals surface area contributed by atoms with E-state index in [4.69, 9.17) is 9.47 Å². The molecule has 1 aliphatic carbocycles. The Morgan fingerprint density at radius 1 is 1.09 bits per heavy atom. The first kappa shape index (κ1) is 27.3. The number of methoxy groups -OCH3 is 1. The molecule has 2 unspecified atom stereocenters. The highest BCUT2D eigenvalue weighted by molar-refractivity contribution is 14.0. The van der Waals surface area contributed by atoms with Crippen molar-refractivity contribution in [2.45, 2.75) is 71.2 Å². The summed E-state index contributed by atoms with van der Waals surface area (Å²) in [6.45, 7) is 9.88. The number of hydrogen-bond acceptors (Lipinski definition) is 4. The Morgan fingerprint density at radius 3 is 2.31 bits per heavy atom. The number of guanidine groups is 1. The molecular weight excluding hydrogens is 515 g/mol. The van der Waals surface area contributed by atoms with Crippen molar-refractivity contribution < 1.29 is 9.47 Å². The van der Waals surface area contributed by atoms with E-state index >= 15 is 0 Å². The Balaban J connectivity index is 0.00000363. The molecule has 0 radical (unpaired) electrons. The molecular formula is C25H43IN4O2. The number of nitrogens with zero attached hydrogens (tertiary/aromatic N) is 2. The molecule has 1 aromatic rings. The lowest BCUT2D eigenvalue weighted by molar-refractivity contribution is -0.0704. The van der Waals surface area contributed by atoms with Crippen molar-refractivity contribution in [3.63, 3.8) is 0 Å². The number of ether oxygens (including phenoxy) is 2. The second-order valence-corrected chi connectivity index (χ2v) is 9.50. The molecule has 1 heterocycles. The third-order valence-corrected chi connectivity index (χ3v) is 6.74. The Labute approximate surface area is 211 Å². The highest BCUT2D eigenvalue weighted by atomic mass is 127. The third kappa shape index (κ3) is 8.47. The van der Waals surface area contributed by atoms with E-state index < -0.39 is 0 Å². The van der Waals surface area contributed by atoms with E-state index in [1.807, 2.05) is 7.05 Å². The average Bonchev–Trinajstić information content (AvgIpc) is 3.22. The van der Waals surface area contributed by atoms with Crippen LogP contribution in [0.3, 0.4) is 0 Å². The first-order chi connectivity index (χ1) is 15.0. The number of rotatable bonds is 9. The summed E-state index contributed by atoms with van der Waals surface area (Å²) in [5.41, 5.74) is 2.98. The number of hydrogen-bond donors (Lipinski definition) is 2. The molecule has 182 valence electrons. The summed E-state index contributed by atoms with van der Waals surface area (Å²) in [4.78, 5) is 6.92. The standard InChI is InChI=1S/C25H42N4O2.HI/c1-20-16-29(17-21(2)31-20)18-23-9-7-22(8-10-23)15-27-24(26-3)28-19-25(13-14-30-4)11-5-6-12-25;/h7-10,20-21H,5-6,11-19H2,1-4H3,(H2,26,27,28);1H. The van der Waals surface area contributed by atoms with Gasteiger partial charge in [-0.1, -0.05) is 37.1 Å². The zero-order valence-electron chi connectivity index (χ0n) is 20.4. The summed E-state index contributed by atoms with van der Waals surface area (Å²) < 4.78 is 11.2. The minimum absolute atomic E-state index is 0. The van der Waals surface area contributed by atoms with E-state index in [9.17, 15) is 0 Å². The van der Waals surface area contributed by atoms with Gasteiger partial charge in [-0.2, -0.15) is 0 Å². The van der Waals surface area contributed by atoms with Gasteiger partial charge in [-0.25, -0.2) is 0 Å². The molecule has 1 saturated carbocycles. The molecule has 2 atom stereocenters. The van der Waals surface area contributed by atoms with Gasteiger partial charge in [0.1, 0.15) is 0 Å². The number of nitrogens with one attached hydrogen (secondary N) is 2. The van der Waals surface area contributed by atoms with Gasteiger partial charge in [0.25, 0.3) is 0 Å². The quantitative estimate of drug-likeness (QED) is 0.271. The zero-order valence-corrected chi connectivity index (χ0v) is 22.7. The molecule has 0 aromatic heterocycles. The summed E-state index contributed by atoms with van der Waals surface area (Å²) in [5.74, 6) is 0.879. The summed E-state index contributed by atoms with van der Waals surface area (Å²) in [7, 11) is 3.64. The van der Waals surface area contributed by atoms with Gasteiger partial charge in [0.15, 0.2) is 5.96 Å². The van der Waals surface area contributed by atoms with Crippen LogP contribution in [0, 0.1) is 5.41 Å². The molecule has 2 aliphatic rings. The number of aliphatic imine (C=N–C) groups is 1. The van der Waals surface area contributed by atoms with Crippen LogP contribution in [0.2, 0.25) is 0 Å². The average molecular weight is 559 g/mol. The van der Waals surface area contributed by atoms with E-state index in [-0.39, 0.29) is 24.0 Å². The first-order valence-corrected chi connectivity index (χ1v) is 11.9. The molecule has 0 amide bonds. The predicted molar refractivity (Wildman–Crippen MR) is 143 cm³/mol. The summed E-state index contributed by atoms with van der Waals surface area (Å²) in [6.07, 6.45) is 6.95. The van der Waals surface area contributed by atoms with Crippen molar-refractivity contribution in [1.29, 1.82) is 0 Å². The maximum Gasteiger partial charge on any atom is 0.191 e. The molecule has 0 spiro atoms. The van der Waals surface area contributed by atoms with Crippen molar-refractivity contribution in [2.24, 2.45) is 10.4 Å². The van der Waals surface area contributed by atoms with Crippen LogP contribution in [0.4, 0.5) is 0 Å². The van der Waals surface area contributed by atoms with Crippen LogP contribution < -0.4 is 10.6 Å². The molecule has 32 heavy (non-hydrogen) atoms. The first-order valence-electron chi connectivity index (χ1n) is 11.9. The van der Waals surface area contributed by atoms with Gasteiger partial charge in [0, 0.05) is 53.5 Å². The van der Waals surface area contributed by atoms with Crippen molar-refractivity contribution >= 4 is 29.9 Å². The number of halogens is 1. The topological polar surface area (TPSA) is 58.1 Å². The predicted octanol–water partition coefficient (Wildman–Crippen LogP) is 4.18. The van der Waals surface area contributed by atoms with Crippen LogP contribution >= 0.6 is 24.0 Å². The van der Waals surface area contributed by atoms with Crippen molar-refractivity contribution in [3.05, 3.63) is 35.4 Å². The van der Waals surface area contributed by atoms with Crippen LogP contribution in [0.5, 0.6) is 0 Å². The monoisotopic (exact) mass is 558 g/mol. The molecule has 2 fully saturated rings. The van der Waals surface area contributed by atoms with Crippen molar-refractivity contribution in [3.8, 4) is 0 Å². The lowest BCUT2D eigenvalue weighted by Crippen LogP contribution is -2.44. The van der Waals surface area contributed by atoms with E-state index in [1.54, 1.807) is 7.11 Å². The molecule has 3 rings (SSSR count). The second-order valence-electron chi connectivity index (χ2n) is 9.50. The lowest BCUT2D eigenvalue weighted by atomic mass is 9.83. The molecule has 2 N–H and O–H groups in total. The summed E-state index contributed by atoms with van der Waals surface area (Å²) >= 11 is 0. The SMILES string of the molecule is CN=C(NCc1ccc(CN2CC(C)OC(C)C2)cc1)NCC1(CCOC)CCCC1.I.